The third-order valence-corrected chi connectivity index (χ3v) is 3.86. The van der Waals surface area contributed by atoms with Gasteiger partial charge in [0, 0.05) is 12.0 Å². The molecule has 0 unspecified atom stereocenters. The molecule has 1 atom stereocenters. The fourth-order valence-corrected chi connectivity index (χ4v) is 2.69. The van der Waals surface area contributed by atoms with Crippen LogP contribution in [0.5, 0.6) is 5.75 Å². The van der Waals surface area contributed by atoms with E-state index >= 15 is 0 Å². The van der Waals surface area contributed by atoms with E-state index in [0.717, 1.165) is 30.6 Å². The molecule has 1 amide bonds. The highest BCUT2D eigenvalue weighted by atomic mass is 16.5. The van der Waals surface area contributed by atoms with Gasteiger partial charge in [-0.1, -0.05) is 24.2 Å². The number of nitrogens with zero attached hydrogens (tertiary/aromatic N) is 1. The van der Waals surface area contributed by atoms with Crippen molar-refractivity contribution in [1.29, 1.82) is 0 Å². The summed E-state index contributed by atoms with van der Waals surface area (Å²) in [6, 6.07) is 7.30. The maximum Gasteiger partial charge on any atom is 0.278 e. The van der Waals surface area contributed by atoms with Crippen molar-refractivity contribution in [1.82, 2.24) is 5.16 Å². The number of hydrogen-bond acceptors (Lipinski definition) is 4. The topological polar surface area (TPSA) is 64.4 Å². The van der Waals surface area contributed by atoms with Crippen molar-refractivity contribution in [3.8, 4) is 5.75 Å². The van der Waals surface area contributed by atoms with E-state index in [-0.39, 0.29) is 5.91 Å². The molecule has 0 bridgehead atoms. The van der Waals surface area contributed by atoms with Crippen LogP contribution in [0.4, 0.5) is 5.69 Å². The number of para-hydroxylation sites is 2. The lowest BCUT2D eigenvalue weighted by Crippen LogP contribution is -2.18. The van der Waals surface area contributed by atoms with Crippen molar-refractivity contribution < 1.29 is 14.1 Å². The lowest BCUT2D eigenvalue weighted by Gasteiger charge is -2.16. The number of fused-ring (bicyclic) bond motifs is 1. The maximum atomic E-state index is 12.4. The summed E-state index contributed by atoms with van der Waals surface area (Å²) in [5.74, 6) is 1.77. The normalized spacial score (nSPS) is 17.1. The molecular formula is C16H18N2O3. The highest BCUT2D eigenvalue weighted by molar-refractivity contribution is 6.04. The lowest BCUT2D eigenvalue weighted by molar-refractivity contribution is 0.101. The van der Waals surface area contributed by atoms with Gasteiger partial charge in [0.05, 0.1) is 12.8 Å². The third kappa shape index (κ3) is 2.63. The summed E-state index contributed by atoms with van der Waals surface area (Å²) in [7, 11) is 1.57. The Kier molecular flexibility index (Phi) is 3.64. The molecule has 2 aromatic rings. The van der Waals surface area contributed by atoms with Crippen molar-refractivity contribution >= 4 is 11.6 Å². The van der Waals surface area contributed by atoms with Gasteiger partial charge < -0.3 is 14.6 Å². The number of nitrogens with one attached hydrogen (secondary N) is 1. The SMILES string of the molecule is COc1ccccc1NC(=O)c1noc2c1C[C@@H](C)CC2. The molecule has 110 valence electrons. The van der Waals surface area contributed by atoms with E-state index < -0.39 is 0 Å². The summed E-state index contributed by atoms with van der Waals surface area (Å²) in [5.41, 5.74) is 1.97. The molecule has 0 saturated carbocycles. The van der Waals surface area contributed by atoms with Gasteiger partial charge in [0.15, 0.2) is 5.69 Å². The number of hydrogen-bond donors (Lipinski definition) is 1. The number of ether oxygens (including phenoxy) is 1. The average Bonchev–Trinajstić information content (AvgIpc) is 2.90. The molecule has 0 aliphatic heterocycles. The van der Waals surface area contributed by atoms with Crippen LogP contribution in [-0.2, 0) is 12.8 Å². The van der Waals surface area contributed by atoms with Crippen molar-refractivity contribution in [2.24, 2.45) is 5.92 Å². The number of benzene rings is 1. The number of methoxy groups -OCH3 is 1. The minimum Gasteiger partial charge on any atom is -0.495 e. The highest BCUT2D eigenvalue weighted by Gasteiger charge is 2.27. The van der Waals surface area contributed by atoms with Gasteiger partial charge in [-0.25, -0.2) is 0 Å². The van der Waals surface area contributed by atoms with Gasteiger partial charge >= 0.3 is 0 Å². The molecule has 5 nitrogen and oxygen atoms in total. The monoisotopic (exact) mass is 286 g/mol. The zero-order valence-corrected chi connectivity index (χ0v) is 12.2. The van der Waals surface area contributed by atoms with E-state index in [1.165, 1.54) is 0 Å². The molecule has 1 aliphatic carbocycles. The molecule has 0 fully saturated rings. The minimum atomic E-state index is -0.251. The molecule has 5 heteroatoms. The lowest BCUT2D eigenvalue weighted by atomic mass is 9.88. The number of carbonyl (C=O) groups excluding carboxylic acids is 1. The van der Waals surface area contributed by atoms with Crippen LogP contribution in [0, 0.1) is 5.92 Å². The van der Waals surface area contributed by atoms with E-state index in [1.807, 2.05) is 12.1 Å². The largest absolute Gasteiger partial charge is 0.495 e. The fourth-order valence-electron chi connectivity index (χ4n) is 2.69. The van der Waals surface area contributed by atoms with Crippen molar-refractivity contribution in [2.75, 3.05) is 12.4 Å². The average molecular weight is 286 g/mol. The van der Waals surface area contributed by atoms with Gasteiger partial charge in [0.1, 0.15) is 11.5 Å². The number of aromatic nitrogens is 1. The van der Waals surface area contributed by atoms with Crippen LogP contribution in [0.25, 0.3) is 0 Å². The second kappa shape index (κ2) is 5.60. The molecule has 1 aromatic heterocycles. The van der Waals surface area contributed by atoms with Gasteiger partial charge in [-0.2, -0.15) is 0 Å². The van der Waals surface area contributed by atoms with Gasteiger partial charge in [-0.15, -0.1) is 0 Å². The quantitative estimate of drug-likeness (QED) is 0.941. The Hall–Kier alpha value is -2.30. The number of amides is 1. The van der Waals surface area contributed by atoms with Gasteiger partial charge in [0.2, 0.25) is 0 Å². The number of aryl methyl sites for hydroxylation is 1. The summed E-state index contributed by atoms with van der Waals surface area (Å²) in [5, 5.41) is 6.80. The molecular weight excluding hydrogens is 268 g/mol. The maximum absolute atomic E-state index is 12.4. The van der Waals surface area contributed by atoms with E-state index in [0.29, 0.717) is 23.0 Å². The summed E-state index contributed by atoms with van der Waals surface area (Å²) in [6.07, 6.45) is 2.77. The van der Waals surface area contributed by atoms with E-state index in [9.17, 15) is 4.79 Å². The van der Waals surface area contributed by atoms with Crippen molar-refractivity contribution in [3.05, 3.63) is 41.3 Å². The van der Waals surface area contributed by atoms with Gasteiger partial charge in [0.25, 0.3) is 5.91 Å². The Morgan fingerprint density at radius 3 is 3.05 bits per heavy atom. The first-order valence-corrected chi connectivity index (χ1v) is 7.11. The van der Waals surface area contributed by atoms with Crippen LogP contribution in [-0.4, -0.2) is 18.2 Å². The highest BCUT2D eigenvalue weighted by Crippen LogP contribution is 2.29. The molecule has 0 spiro atoms. The molecule has 1 aliphatic rings. The number of carbonyl (C=O) groups is 1. The zero-order chi connectivity index (χ0) is 14.8. The Morgan fingerprint density at radius 2 is 2.24 bits per heavy atom. The van der Waals surface area contributed by atoms with Crippen LogP contribution in [0.3, 0.4) is 0 Å². The van der Waals surface area contributed by atoms with Crippen LogP contribution >= 0.6 is 0 Å². The summed E-state index contributed by atoms with van der Waals surface area (Å²) >= 11 is 0. The standard InChI is InChI=1S/C16H18N2O3/c1-10-7-8-13-11(9-10)15(18-21-13)16(19)17-12-5-3-4-6-14(12)20-2/h3-6,10H,7-9H2,1-2H3,(H,17,19)/t10-/m0/s1. The Labute approximate surface area is 123 Å². The predicted octanol–water partition coefficient (Wildman–Crippen LogP) is 3.06. The van der Waals surface area contributed by atoms with E-state index in [4.69, 9.17) is 9.26 Å². The molecule has 1 aromatic carbocycles. The molecule has 3 rings (SSSR count). The first-order chi connectivity index (χ1) is 10.2. The van der Waals surface area contributed by atoms with Crippen LogP contribution in [0.1, 0.15) is 35.2 Å². The Balaban J connectivity index is 1.85. The van der Waals surface area contributed by atoms with Crippen molar-refractivity contribution in [2.45, 2.75) is 26.2 Å². The fraction of sp³-hybridized carbons (Fsp3) is 0.375. The summed E-state index contributed by atoms with van der Waals surface area (Å²) in [4.78, 5) is 12.4. The molecule has 0 saturated heterocycles. The summed E-state index contributed by atoms with van der Waals surface area (Å²) < 4.78 is 10.5. The second-order valence-electron chi connectivity index (χ2n) is 5.44. The molecule has 1 heterocycles. The molecule has 1 N–H and O–H groups in total. The second-order valence-corrected chi connectivity index (χ2v) is 5.44. The van der Waals surface area contributed by atoms with E-state index in [2.05, 4.69) is 17.4 Å². The van der Waals surface area contributed by atoms with Gasteiger partial charge in [-0.3, -0.25) is 4.79 Å². The van der Waals surface area contributed by atoms with Gasteiger partial charge in [-0.05, 0) is 30.9 Å². The third-order valence-electron chi connectivity index (χ3n) is 3.86. The smallest absolute Gasteiger partial charge is 0.278 e. The number of anilines is 1. The zero-order valence-electron chi connectivity index (χ0n) is 12.2. The summed E-state index contributed by atoms with van der Waals surface area (Å²) in [6.45, 7) is 2.18. The first-order valence-electron chi connectivity index (χ1n) is 7.11. The number of rotatable bonds is 3. The van der Waals surface area contributed by atoms with Crippen LogP contribution in [0.2, 0.25) is 0 Å². The van der Waals surface area contributed by atoms with E-state index in [1.54, 1.807) is 19.2 Å². The predicted molar refractivity (Wildman–Crippen MR) is 78.6 cm³/mol. The molecule has 0 radical (unpaired) electrons. The Bertz CT molecular complexity index is 663. The Morgan fingerprint density at radius 1 is 1.43 bits per heavy atom. The first kappa shape index (κ1) is 13.7. The van der Waals surface area contributed by atoms with Crippen molar-refractivity contribution in [3.63, 3.8) is 0 Å². The molecule has 21 heavy (non-hydrogen) atoms. The van der Waals surface area contributed by atoms with Crippen LogP contribution in [0.15, 0.2) is 28.8 Å². The minimum absolute atomic E-state index is 0.251. The van der Waals surface area contributed by atoms with Crippen LogP contribution < -0.4 is 10.1 Å².